The number of hydrogen-bond donors (Lipinski definition) is 3. The van der Waals surface area contributed by atoms with E-state index in [1.807, 2.05) is 0 Å². The van der Waals surface area contributed by atoms with Gasteiger partial charge in [0.1, 0.15) is 0 Å². The molecule has 2 rings (SSSR count). The molecule has 1 aliphatic rings. The highest BCUT2D eigenvalue weighted by Gasteiger charge is 2.28. The van der Waals surface area contributed by atoms with Crippen molar-refractivity contribution in [2.45, 2.75) is 12.5 Å². The van der Waals surface area contributed by atoms with Crippen LogP contribution < -0.4 is 16.6 Å². The topological polar surface area (TPSA) is 127 Å². The third-order valence-electron chi connectivity index (χ3n) is 2.90. The number of anilines is 2. The zero-order chi connectivity index (χ0) is 14.0. The van der Waals surface area contributed by atoms with Gasteiger partial charge in [0.25, 0.3) is 5.69 Å². The summed E-state index contributed by atoms with van der Waals surface area (Å²) in [5, 5.41) is 13.8. The van der Waals surface area contributed by atoms with Gasteiger partial charge in [-0.05, 0) is 12.5 Å². The first-order valence-corrected chi connectivity index (χ1v) is 7.45. The SMILES string of the molecule is NNc1cc(NC2CCS(=O)(=O)C2)cc([N+](=O)[O-])c1. The van der Waals surface area contributed by atoms with Gasteiger partial charge < -0.3 is 10.7 Å². The van der Waals surface area contributed by atoms with E-state index >= 15 is 0 Å². The van der Waals surface area contributed by atoms with Crippen molar-refractivity contribution in [1.29, 1.82) is 0 Å². The van der Waals surface area contributed by atoms with Crippen molar-refractivity contribution in [2.24, 2.45) is 5.84 Å². The Morgan fingerprint density at radius 1 is 1.32 bits per heavy atom. The van der Waals surface area contributed by atoms with E-state index in [4.69, 9.17) is 5.84 Å². The minimum atomic E-state index is -2.99. The van der Waals surface area contributed by atoms with Crippen molar-refractivity contribution in [3.05, 3.63) is 28.3 Å². The van der Waals surface area contributed by atoms with E-state index in [-0.39, 0.29) is 23.2 Å². The molecule has 104 valence electrons. The highest BCUT2D eigenvalue weighted by Crippen LogP contribution is 2.26. The van der Waals surface area contributed by atoms with Crippen LogP contribution in [0.2, 0.25) is 0 Å². The predicted molar refractivity (Wildman–Crippen MR) is 71.6 cm³/mol. The summed E-state index contributed by atoms with van der Waals surface area (Å²) in [4.78, 5) is 10.2. The lowest BCUT2D eigenvalue weighted by Gasteiger charge is -2.13. The van der Waals surface area contributed by atoms with Crippen molar-refractivity contribution < 1.29 is 13.3 Å². The van der Waals surface area contributed by atoms with Gasteiger partial charge >= 0.3 is 0 Å². The van der Waals surface area contributed by atoms with E-state index in [0.29, 0.717) is 17.8 Å². The molecule has 1 atom stereocenters. The zero-order valence-electron chi connectivity index (χ0n) is 10.00. The first kappa shape index (κ1) is 13.6. The fourth-order valence-electron chi connectivity index (χ4n) is 2.03. The molecular weight excluding hydrogens is 272 g/mol. The third kappa shape index (κ3) is 3.32. The fraction of sp³-hybridized carbons (Fsp3) is 0.400. The summed E-state index contributed by atoms with van der Waals surface area (Å²) in [5.74, 6) is 5.43. The molecule has 0 bridgehead atoms. The average Bonchev–Trinajstić information content (AvgIpc) is 2.68. The van der Waals surface area contributed by atoms with E-state index in [9.17, 15) is 18.5 Å². The number of nitrogens with two attached hydrogens (primary N) is 1. The van der Waals surface area contributed by atoms with Crippen LogP contribution in [0, 0.1) is 10.1 Å². The van der Waals surface area contributed by atoms with Crippen LogP contribution in [0.4, 0.5) is 17.1 Å². The van der Waals surface area contributed by atoms with E-state index in [0.717, 1.165) is 0 Å². The van der Waals surface area contributed by atoms with E-state index in [2.05, 4.69) is 10.7 Å². The largest absolute Gasteiger partial charge is 0.381 e. The number of nitro groups is 1. The van der Waals surface area contributed by atoms with Gasteiger partial charge in [-0.25, -0.2) is 8.42 Å². The maximum Gasteiger partial charge on any atom is 0.273 e. The molecule has 1 saturated heterocycles. The Hall–Kier alpha value is -1.87. The fourth-order valence-corrected chi connectivity index (χ4v) is 3.70. The lowest BCUT2D eigenvalue weighted by atomic mass is 10.2. The van der Waals surface area contributed by atoms with Crippen molar-refractivity contribution in [2.75, 3.05) is 22.2 Å². The van der Waals surface area contributed by atoms with Crippen LogP contribution >= 0.6 is 0 Å². The molecule has 1 aromatic carbocycles. The molecule has 0 aliphatic carbocycles. The monoisotopic (exact) mass is 286 g/mol. The van der Waals surface area contributed by atoms with Crippen molar-refractivity contribution >= 4 is 26.9 Å². The summed E-state index contributed by atoms with van der Waals surface area (Å²) >= 11 is 0. The van der Waals surface area contributed by atoms with Crippen LogP contribution in [0.25, 0.3) is 0 Å². The van der Waals surface area contributed by atoms with Gasteiger partial charge in [-0.2, -0.15) is 0 Å². The summed E-state index contributed by atoms with van der Waals surface area (Å²) in [6.45, 7) is 0. The molecular formula is C10H14N4O4S. The molecule has 0 spiro atoms. The Labute approximate surface area is 110 Å². The quantitative estimate of drug-likeness (QED) is 0.417. The summed E-state index contributed by atoms with van der Waals surface area (Å²) < 4.78 is 22.7. The van der Waals surface area contributed by atoms with Gasteiger partial charge in [-0.3, -0.25) is 16.0 Å². The molecule has 0 amide bonds. The molecule has 8 nitrogen and oxygen atoms in total. The number of nitrogens with one attached hydrogen (secondary N) is 2. The second-order valence-corrected chi connectivity index (χ2v) is 6.64. The molecule has 0 saturated carbocycles. The number of sulfone groups is 1. The van der Waals surface area contributed by atoms with Crippen LogP contribution in [0.5, 0.6) is 0 Å². The van der Waals surface area contributed by atoms with Crippen LogP contribution in [-0.2, 0) is 9.84 Å². The highest BCUT2D eigenvalue weighted by atomic mass is 32.2. The molecule has 19 heavy (non-hydrogen) atoms. The van der Waals surface area contributed by atoms with Crippen LogP contribution in [0.1, 0.15) is 6.42 Å². The Balaban J connectivity index is 2.20. The Morgan fingerprint density at radius 2 is 2.00 bits per heavy atom. The molecule has 9 heteroatoms. The number of hydrazine groups is 1. The summed E-state index contributed by atoms with van der Waals surface area (Å²) in [6.07, 6.45) is 0.496. The number of nitrogen functional groups attached to an aromatic ring is 1. The van der Waals surface area contributed by atoms with Gasteiger partial charge in [0.2, 0.25) is 0 Å². The van der Waals surface area contributed by atoms with Crippen LogP contribution in [0.15, 0.2) is 18.2 Å². The normalized spacial score (nSPS) is 21.0. The van der Waals surface area contributed by atoms with Crippen molar-refractivity contribution in [3.8, 4) is 0 Å². The van der Waals surface area contributed by atoms with Gasteiger partial charge in [-0.15, -0.1) is 0 Å². The second kappa shape index (κ2) is 5.02. The number of nitro benzene ring substituents is 1. The predicted octanol–water partition coefficient (Wildman–Crippen LogP) is 0.479. The molecule has 1 aliphatic heterocycles. The number of nitrogens with zero attached hydrogens (tertiary/aromatic N) is 1. The first-order chi connectivity index (χ1) is 8.89. The molecule has 4 N–H and O–H groups in total. The zero-order valence-corrected chi connectivity index (χ0v) is 10.8. The lowest BCUT2D eigenvalue weighted by molar-refractivity contribution is -0.384. The Kier molecular flexibility index (Phi) is 3.58. The second-order valence-electron chi connectivity index (χ2n) is 4.41. The Bertz CT molecular complexity index is 602. The number of hydrogen-bond acceptors (Lipinski definition) is 7. The minimum absolute atomic E-state index is 0.0427. The van der Waals surface area contributed by atoms with Crippen LogP contribution in [-0.4, -0.2) is 30.9 Å². The number of non-ortho nitro benzene ring substituents is 1. The average molecular weight is 286 g/mol. The molecule has 1 heterocycles. The standard InChI is InChI=1S/C10H14N4O4S/c11-13-9-3-8(4-10(5-9)14(15)16)12-7-1-2-19(17,18)6-7/h3-5,7,12-13H,1-2,6,11H2. The highest BCUT2D eigenvalue weighted by molar-refractivity contribution is 7.91. The van der Waals surface area contributed by atoms with Crippen molar-refractivity contribution in [1.82, 2.24) is 0 Å². The molecule has 0 aromatic heterocycles. The van der Waals surface area contributed by atoms with E-state index in [1.54, 1.807) is 6.07 Å². The molecule has 1 unspecified atom stereocenters. The molecule has 1 fully saturated rings. The van der Waals surface area contributed by atoms with E-state index < -0.39 is 14.8 Å². The smallest absolute Gasteiger partial charge is 0.273 e. The lowest BCUT2D eigenvalue weighted by Crippen LogP contribution is -2.20. The maximum atomic E-state index is 11.3. The van der Waals surface area contributed by atoms with Gasteiger partial charge in [0.05, 0.1) is 22.1 Å². The summed E-state index contributed by atoms with van der Waals surface area (Å²) in [7, 11) is -2.99. The Morgan fingerprint density at radius 3 is 2.53 bits per heavy atom. The summed E-state index contributed by atoms with van der Waals surface area (Å²) in [5.41, 5.74) is 3.09. The minimum Gasteiger partial charge on any atom is -0.381 e. The third-order valence-corrected chi connectivity index (χ3v) is 4.67. The molecule has 0 radical (unpaired) electrons. The first-order valence-electron chi connectivity index (χ1n) is 5.63. The van der Waals surface area contributed by atoms with E-state index in [1.165, 1.54) is 12.1 Å². The number of rotatable bonds is 4. The van der Waals surface area contributed by atoms with Gasteiger partial charge in [-0.1, -0.05) is 0 Å². The van der Waals surface area contributed by atoms with Gasteiger partial charge in [0, 0.05) is 23.9 Å². The van der Waals surface area contributed by atoms with Gasteiger partial charge in [0.15, 0.2) is 9.84 Å². The van der Waals surface area contributed by atoms with Crippen LogP contribution in [0.3, 0.4) is 0 Å². The summed E-state index contributed by atoms with van der Waals surface area (Å²) in [6, 6.07) is 4.03. The van der Waals surface area contributed by atoms with Crippen molar-refractivity contribution in [3.63, 3.8) is 0 Å². The number of benzene rings is 1. The molecule has 1 aromatic rings. The maximum absolute atomic E-state index is 11.3.